The lowest BCUT2D eigenvalue weighted by atomic mass is 10.3. The van der Waals surface area contributed by atoms with Crippen molar-refractivity contribution in [1.82, 2.24) is 10.2 Å². The molecule has 2 amide bonds. The maximum absolute atomic E-state index is 11.1. The Balaban J connectivity index is 2.13. The van der Waals surface area contributed by atoms with Gasteiger partial charge in [0, 0.05) is 6.61 Å². The first-order chi connectivity index (χ1) is 6.59. The average molecular weight is 218 g/mol. The number of thioether (sulfide) groups is 1. The number of hydrogen-bond acceptors (Lipinski definition) is 5. The van der Waals surface area contributed by atoms with Crippen LogP contribution in [-0.4, -0.2) is 48.7 Å². The standard InChI is InChI=1S/C8H14N2O3S/c1-10(2)5-13-4-3-6-7(11)9-8(12)14-6/h6H,3-5H2,1-2H3,(H,9,11,12). The van der Waals surface area contributed by atoms with Gasteiger partial charge in [-0.2, -0.15) is 0 Å². The van der Waals surface area contributed by atoms with E-state index in [0.29, 0.717) is 19.8 Å². The van der Waals surface area contributed by atoms with Crippen molar-refractivity contribution in [2.75, 3.05) is 27.4 Å². The number of rotatable bonds is 5. The fraction of sp³-hybridized carbons (Fsp3) is 0.750. The second-order valence-corrected chi connectivity index (χ2v) is 4.46. The Morgan fingerprint density at radius 3 is 2.71 bits per heavy atom. The van der Waals surface area contributed by atoms with Crippen molar-refractivity contribution in [2.24, 2.45) is 0 Å². The van der Waals surface area contributed by atoms with Gasteiger partial charge >= 0.3 is 0 Å². The highest BCUT2D eigenvalue weighted by molar-refractivity contribution is 8.15. The van der Waals surface area contributed by atoms with Crippen LogP contribution in [0.5, 0.6) is 0 Å². The van der Waals surface area contributed by atoms with Gasteiger partial charge in [-0.25, -0.2) is 0 Å². The van der Waals surface area contributed by atoms with E-state index in [4.69, 9.17) is 4.74 Å². The minimum absolute atomic E-state index is 0.201. The van der Waals surface area contributed by atoms with Gasteiger partial charge in [-0.1, -0.05) is 11.8 Å². The minimum atomic E-state index is -0.273. The summed E-state index contributed by atoms with van der Waals surface area (Å²) in [6.45, 7) is 1.03. The molecule has 0 spiro atoms. The highest BCUT2D eigenvalue weighted by Gasteiger charge is 2.30. The molecule has 1 aliphatic heterocycles. The molecule has 1 rings (SSSR count). The number of nitrogens with zero attached hydrogens (tertiary/aromatic N) is 1. The molecule has 0 aromatic rings. The third-order valence-electron chi connectivity index (χ3n) is 1.64. The SMILES string of the molecule is CN(C)COCCC1SC(=O)NC1=O. The van der Waals surface area contributed by atoms with Crippen molar-refractivity contribution in [3.8, 4) is 0 Å². The summed E-state index contributed by atoms with van der Waals surface area (Å²) in [6.07, 6.45) is 0.579. The fourth-order valence-electron chi connectivity index (χ4n) is 1.02. The third-order valence-corrected chi connectivity index (χ3v) is 2.69. The van der Waals surface area contributed by atoms with Gasteiger partial charge in [0.15, 0.2) is 0 Å². The number of hydrogen-bond donors (Lipinski definition) is 1. The van der Waals surface area contributed by atoms with Crippen LogP contribution in [-0.2, 0) is 9.53 Å². The maximum atomic E-state index is 11.1. The van der Waals surface area contributed by atoms with Crippen molar-refractivity contribution in [3.05, 3.63) is 0 Å². The summed E-state index contributed by atoms with van der Waals surface area (Å²) >= 11 is 1.04. The molecule has 0 bridgehead atoms. The van der Waals surface area contributed by atoms with Gasteiger partial charge in [0.2, 0.25) is 5.91 Å². The van der Waals surface area contributed by atoms with Crippen LogP contribution in [0.25, 0.3) is 0 Å². The Morgan fingerprint density at radius 1 is 1.50 bits per heavy atom. The van der Waals surface area contributed by atoms with Crippen LogP contribution in [0.4, 0.5) is 4.79 Å². The molecule has 1 N–H and O–H groups in total. The van der Waals surface area contributed by atoms with Crippen molar-refractivity contribution in [3.63, 3.8) is 0 Å². The predicted octanol–water partition coefficient (Wildman–Crippen LogP) is 0.264. The van der Waals surface area contributed by atoms with Crippen LogP contribution in [0.3, 0.4) is 0 Å². The number of nitrogens with one attached hydrogen (secondary N) is 1. The molecule has 1 aliphatic rings. The molecule has 1 fully saturated rings. The van der Waals surface area contributed by atoms with Gasteiger partial charge in [-0.05, 0) is 20.5 Å². The highest BCUT2D eigenvalue weighted by atomic mass is 32.2. The molecule has 1 unspecified atom stereocenters. The highest BCUT2D eigenvalue weighted by Crippen LogP contribution is 2.21. The molecule has 5 nitrogen and oxygen atoms in total. The Hall–Kier alpha value is -0.590. The zero-order valence-electron chi connectivity index (χ0n) is 8.28. The van der Waals surface area contributed by atoms with E-state index in [-0.39, 0.29) is 16.4 Å². The molecule has 80 valence electrons. The fourth-order valence-corrected chi connectivity index (χ4v) is 1.82. The topological polar surface area (TPSA) is 58.6 Å². The first-order valence-electron chi connectivity index (χ1n) is 4.33. The van der Waals surface area contributed by atoms with Gasteiger partial charge < -0.3 is 4.74 Å². The first-order valence-corrected chi connectivity index (χ1v) is 5.21. The number of ether oxygens (including phenoxy) is 1. The second kappa shape index (κ2) is 5.33. The average Bonchev–Trinajstić information content (AvgIpc) is 2.39. The van der Waals surface area contributed by atoms with Gasteiger partial charge in [-0.3, -0.25) is 19.8 Å². The Kier molecular flexibility index (Phi) is 4.37. The number of imide groups is 1. The molecule has 1 saturated heterocycles. The lowest BCUT2D eigenvalue weighted by Gasteiger charge is -2.10. The molecular weight excluding hydrogens is 204 g/mol. The first kappa shape index (κ1) is 11.5. The van der Waals surface area contributed by atoms with Crippen molar-refractivity contribution >= 4 is 22.9 Å². The lowest BCUT2D eigenvalue weighted by molar-refractivity contribution is -0.119. The second-order valence-electron chi connectivity index (χ2n) is 3.29. The molecular formula is C8H14N2O3S. The molecule has 0 aromatic carbocycles. The van der Waals surface area contributed by atoms with E-state index >= 15 is 0 Å². The summed E-state index contributed by atoms with van der Waals surface area (Å²) in [7, 11) is 3.81. The lowest BCUT2D eigenvalue weighted by Crippen LogP contribution is -2.25. The van der Waals surface area contributed by atoms with E-state index in [2.05, 4.69) is 5.32 Å². The van der Waals surface area contributed by atoms with Crippen molar-refractivity contribution in [2.45, 2.75) is 11.7 Å². The summed E-state index contributed by atoms with van der Waals surface area (Å²) in [5, 5.41) is 1.71. The summed E-state index contributed by atoms with van der Waals surface area (Å²) in [5.41, 5.74) is 0. The van der Waals surface area contributed by atoms with Crippen molar-refractivity contribution < 1.29 is 14.3 Å². The zero-order valence-corrected chi connectivity index (χ0v) is 9.10. The van der Waals surface area contributed by atoms with Crippen LogP contribution >= 0.6 is 11.8 Å². The van der Waals surface area contributed by atoms with Crippen LogP contribution < -0.4 is 5.32 Å². The summed E-state index contributed by atoms with van der Waals surface area (Å²) < 4.78 is 5.26. The molecule has 6 heteroatoms. The van der Waals surface area contributed by atoms with Crippen LogP contribution in [0.15, 0.2) is 0 Å². The Labute approximate surface area is 87.2 Å². The number of amides is 2. The quantitative estimate of drug-likeness (QED) is 0.530. The van der Waals surface area contributed by atoms with Crippen LogP contribution in [0, 0.1) is 0 Å². The van der Waals surface area contributed by atoms with E-state index < -0.39 is 0 Å². The van der Waals surface area contributed by atoms with Crippen LogP contribution in [0.1, 0.15) is 6.42 Å². The summed E-state index contributed by atoms with van der Waals surface area (Å²) in [6, 6.07) is 0. The molecule has 0 radical (unpaired) electrons. The monoisotopic (exact) mass is 218 g/mol. The van der Waals surface area contributed by atoms with E-state index in [1.807, 2.05) is 19.0 Å². The van der Waals surface area contributed by atoms with E-state index in [1.54, 1.807) is 0 Å². The molecule has 0 saturated carbocycles. The molecule has 1 heterocycles. The minimum Gasteiger partial charge on any atom is -0.366 e. The van der Waals surface area contributed by atoms with Gasteiger partial charge in [0.1, 0.15) is 0 Å². The van der Waals surface area contributed by atoms with Gasteiger partial charge in [0.05, 0.1) is 12.0 Å². The summed E-state index contributed by atoms with van der Waals surface area (Å²) in [5.74, 6) is -0.201. The van der Waals surface area contributed by atoms with E-state index in [0.717, 1.165) is 11.8 Å². The molecule has 1 atom stereocenters. The molecule has 14 heavy (non-hydrogen) atoms. The zero-order chi connectivity index (χ0) is 10.6. The van der Waals surface area contributed by atoms with Crippen molar-refractivity contribution in [1.29, 1.82) is 0 Å². The Bertz CT molecular complexity index is 233. The van der Waals surface area contributed by atoms with Gasteiger partial charge in [-0.15, -0.1) is 0 Å². The summed E-state index contributed by atoms with van der Waals surface area (Å²) in [4.78, 5) is 23.8. The Morgan fingerprint density at radius 2 is 2.21 bits per heavy atom. The maximum Gasteiger partial charge on any atom is 0.286 e. The number of carbonyl (C=O) groups is 2. The third kappa shape index (κ3) is 3.65. The number of carbonyl (C=O) groups excluding carboxylic acids is 2. The predicted molar refractivity (Wildman–Crippen MR) is 54.0 cm³/mol. The molecule has 0 aliphatic carbocycles. The normalized spacial score (nSPS) is 21.8. The largest absolute Gasteiger partial charge is 0.366 e. The van der Waals surface area contributed by atoms with Gasteiger partial charge in [0.25, 0.3) is 5.24 Å². The van der Waals surface area contributed by atoms with E-state index in [9.17, 15) is 9.59 Å². The smallest absolute Gasteiger partial charge is 0.286 e. The molecule has 0 aromatic heterocycles. The van der Waals surface area contributed by atoms with Crippen LogP contribution in [0.2, 0.25) is 0 Å². The van der Waals surface area contributed by atoms with E-state index in [1.165, 1.54) is 0 Å².